The van der Waals surface area contributed by atoms with Gasteiger partial charge in [0.05, 0.1) is 16.5 Å². The highest BCUT2D eigenvalue weighted by Gasteiger charge is 2.24. The molecule has 1 aromatic carbocycles. The molecule has 2 aromatic rings. The summed E-state index contributed by atoms with van der Waals surface area (Å²) in [6.07, 6.45) is 1.17. The third-order valence-corrected chi connectivity index (χ3v) is 5.48. The molecular formula is C20H29N3O3S. The maximum Gasteiger partial charge on any atom is 0.272 e. The molecule has 0 fully saturated rings. The SMILES string of the molecule is CC(C)c1cc(C(=O)N[C@H](C)c2ccc(S(C)(=O)=O)cc2)nn1C(C)(C)C. The fraction of sp³-hybridized carbons (Fsp3) is 0.500. The Labute approximate surface area is 161 Å². The first kappa shape index (κ1) is 21.2. The Morgan fingerprint density at radius 3 is 2.07 bits per heavy atom. The third kappa shape index (κ3) is 4.97. The molecule has 1 N–H and O–H groups in total. The molecular weight excluding hydrogens is 362 g/mol. The van der Waals surface area contributed by atoms with Gasteiger partial charge in [0.15, 0.2) is 9.84 Å². The van der Waals surface area contributed by atoms with E-state index in [-0.39, 0.29) is 28.3 Å². The van der Waals surface area contributed by atoms with Crippen LogP contribution in [0.3, 0.4) is 0 Å². The predicted octanol–water partition coefficient (Wildman–Crippen LogP) is 3.66. The molecule has 1 aromatic heterocycles. The van der Waals surface area contributed by atoms with Crippen LogP contribution in [-0.2, 0) is 15.4 Å². The van der Waals surface area contributed by atoms with E-state index in [0.717, 1.165) is 11.3 Å². The minimum Gasteiger partial charge on any atom is -0.344 e. The zero-order chi connectivity index (χ0) is 20.6. The Balaban J connectivity index is 2.22. The number of carbonyl (C=O) groups is 1. The molecule has 0 aliphatic rings. The molecule has 7 heteroatoms. The average molecular weight is 392 g/mol. The van der Waals surface area contributed by atoms with E-state index in [1.165, 1.54) is 6.26 Å². The first-order valence-corrected chi connectivity index (χ1v) is 10.9. The molecule has 0 aliphatic heterocycles. The van der Waals surface area contributed by atoms with Crippen LogP contribution in [0.2, 0.25) is 0 Å². The zero-order valence-electron chi connectivity index (χ0n) is 17.1. The lowest BCUT2D eigenvalue weighted by Crippen LogP contribution is -2.29. The molecule has 1 amide bonds. The van der Waals surface area contributed by atoms with Gasteiger partial charge in [-0.05, 0) is 57.4 Å². The molecule has 27 heavy (non-hydrogen) atoms. The summed E-state index contributed by atoms with van der Waals surface area (Å²) < 4.78 is 25.0. The summed E-state index contributed by atoms with van der Waals surface area (Å²) in [5, 5.41) is 7.46. The Bertz CT molecular complexity index is 920. The summed E-state index contributed by atoms with van der Waals surface area (Å²) >= 11 is 0. The summed E-state index contributed by atoms with van der Waals surface area (Å²) in [6.45, 7) is 12.2. The zero-order valence-corrected chi connectivity index (χ0v) is 17.9. The number of nitrogens with one attached hydrogen (secondary N) is 1. The lowest BCUT2D eigenvalue weighted by molar-refractivity contribution is 0.0933. The molecule has 148 valence electrons. The number of sulfone groups is 1. The van der Waals surface area contributed by atoms with Crippen LogP contribution in [-0.4, -0.2) is 30.4 Å². The lowest BCUT2D eigenvalue weighted by atomic mass is 10.1. The normalized spacial score (nSPS) is 13.6. The maximum atomic E-state index is 12.7. The Morgan fingerprint density at radius 1 is 1.11 bits per heavy atom. The van der Waals surface area contributed by atoms with Crippen LogP contribution in [0, 0.1) is 0 Å². The van der Waals surface area contributed by atoms with Crippen molar-refractivity contribution < 1.29 is 13.2 Å². The second kappa shape index (κ2) is 7.46. The van der Waals surface area contributed by atoms with E-state index < -0.39 is 9.84 Å². The number of nitrogens with zero attached hydrogens (tertiary/aromatic N) is 2. The molecule has 0 aliphatic carbocycles. The van der Waals surface area contributed by atoms with Crippen molar-refractivity contribution in [1.82, 2.24) is 15.1 Å². The predicted molar refractivity (Wildman–Crippen MR) is 107 cm³/mol. The minimum atomic E-state index is -3.24. The molecule has 0 radical (unpaired) electrons. The van der Waals surface area contributed by atoms with Gasteiger partial charge in [-0.15, -0.1) is 0 Å². The molecule has 0 unspecified atom stereocenters. The molecule has 0 bridgehead atoms. The van der Waals surface area contributed by atoms with Gasteiger partial charge in [-0.3, -0.25) is 9.48 Å². The highest BCUT2D eigenvalue weighted by Crippen LogP contribution is 2.24. The first-order valence-electron chi connectivity index (χ1n) is 9.02. The van der Waals surface area contributed by atoms with Crippen LogP contribution in [0.1, 0.15) is 75.2 Å². The van der Waals surface area contributed by atoms with Gasteiger partial charge in [-0.25, -0.2) is 8.42 Å². The highest BCUT2D eigenvalue weighted by atomic mass is 32.2. The first-order chi connectivity index (χ1) is 12.3. The van der Waals surface area contributed by atoms with Crippen LogP contribution in [0.5, 0.6) is 0 Å². The standard InChI is InChI=1S/C20H29N3O3S/c1-13(2)18-12-17(22-23(18)20(4,5)6)19(24)21-14(3)15-8-10-16(11-9-15)27(7,25)26/h8-14H,1-7H3,(H,21,24)/t14-/m1/s1. The topological polar surface area (TPSA) is 81.1 Å². The van der Waals surface area contributed by atoms with Gasteiger partial charge >= 0.3 is 0 Å². The van der Waals surface area contributed by atoms with E-state index in [1.807, 2.05) is 17.7 Å². The largest absolute Gasteiger partial charge is 0.344 e. The molecule has 0 saturated carbocycles. The summed E-state index contributed by atoms with van der Waals surface area (Å²) in [5.74, 6) is -0.00109. The second-order valence-electron chi connectivity index (χ2n) is 8.23. The van der Waals surface area contributed by atoms with Gasteiger partial charge < -0.3 is 5.32 Å². The van der Waals surface area contributed by atoms with E-state index >= 15 is 0 Å². The minimum absolute atomic E-state index is 0.217. The van der Waals surface area contributed by atoms with Crippen molar-refractivity contribution in [2.24, 2.45) is 0 Å². The van der Waals surface area contributed by atoms with Crippen molar-refractivity contribution in [3.05, 3.63) is 47.3 Å². The number of amides is 1. The fourth-order valence-electron chi connectivity index (χ4n) is 2.81. The highest BCUT2D eigenvalue weighted by molar-refractivity contribution is 7.90. The van der Waals surface area contributed by atoms with Crippen molar-refractivity contribution in [1.29, 1.82) is 0 Å². The van der Waals surface area contributed by atoms with Crippen LogP contribution < -0.4 is 5.32 Å². The molecule has 0 saturated heterocycles. The number of aromatic nitrogens is 2. The van der Waals surface area contributed by atoms with Gasteiger partial charge in [0.1, 0.15) is 5.69 Å². The van der Waals surface area contributed by atoms with E-state index in [9.17, 15) is 13.2 Å². The molecule has 1 atom stereocenters. The summed E-state index contributed by atoms with van der Waals surface area (Å²) in [6, 6.07) is 8.11. The summed E-state index contributed by atoms with van der Waals surface area (Å²) in [4.78, 5) is 12.9. The van der Waals surface area contributed by atoms with E-state index in [4.69, 9.17) is 0 Å². The fourth-order valence-corrected chi connectivity index (χ4v) is 3.44. The summed E-state index contributed by atoms with van der Waals surface area (Å²) in [7, 11) is -3.24. The Hall–Kier alpha value is -2.15. The maximum absolute atomic E-state index is 12.7. The lowest BCUT2D eigenvalue weighted by Gasteiger charge is -2.23. The van der Waals surface area contributed by atoms with E-state index in [1.54, 1.807) is 24.3 Å². The van der Waals surface area contributed by atoms with Gasteiger partial charge in [-0.2, -0.15) is 5.10 Å². The molecule has 2 rings (SSSR count). The van der Waals surface area contributed by atoms with Crippen molar-refractivity contribution in [3.8, 4) is 0 Å². The van der Waals surface area contributed by atoms with Crippen molar-refractivity contribution in [3.63, 3.8) is 0 Å². The van der Waals surface area contributed by atoms with Gasteiger partial charge in [0.25, 0.3) is 5.91 Å². The number of hydrogen-bond donors (Lipinski definition) is 1. The number of benzene rings is 1. The van der Waals surface area contributed by atoms with Gasteiger partial charge in [0, 0.05) is 11.9 Å². The molecule has 1 heterocycles. The van der Waals surface area contributed by atoms with E-state index in [0.29, 0.717) is 5.69 Å². The monoisotopic (exact) mass is 391 g/mol. The average Bonchev–Trinajstić information content (AvgIpc) is 3.00. The Kier molecular flexibility index (Phi) is 5.85. The van der Waals surface area contributed by atoms with Crippen molar-refractivity contribution in [2.45, 2.75) is 63.9 Å². The second-order valence-corrected chi connectivity index (χ2v) is 10.2. The Morgan fingerprint density at radius 2 is 1.67 bits per heavy atom. The van der Waals surface area contributed by atoms with Gasteiger partial charge in [-0.1, -0.05) is 26.0 Å². The number of hydrogen-bond acceptors (Lipinski definition) is 4. The van der Waals surface area contributed by atoms with Crippen LogP contribution in [0.4, 0.5) is 0 Å². The van der Waals surface area contributed by atoms with Gasteiger partial charge in [0.2, 0.25) is 0 Å². The van der Waals surface area contributed by atoms with Crippen LogP contribution in [0.15, 0.2) is 35.2 Å². The van der Waals surface area contributed by atoms with E-state index in [2.05, 4.69) is 45.0 Å². The van der Waals surface area contributed by atoms with Crippen LogP contribution in [0.25, 0.3) is 0 Å². The van der Waals surface area contributed by atoms with Crippen LogP contribution >= 0.6 is 0 Å². The third-order valence-electron chi connectivity index (χ3n) is 4.35. The quantitative estimate of drug-likeness (QED) is 0.843. The number of rotatable bonds is 5. The molecule has 6 nitrogen and oxygen atoms in total. The van der Waals surface area contributed by atoms with Crippen molar-refractivity contribution >= 4 is 15.7 Å². The molecule has 0 spiro atoms. The summed E-state index contributed by atoms with van der Waals surface area (Å²) in [5.41, 5.74) is 2.01. The number of carbonyl (C=O) groups excluding carboxylic acids is 1. The smallest absolute Gasteiger partial charge is 0.272 e. The van der Waals surface area contributed by atoms with Crippen molar-refractivity contribution in [2.75, 3.05) is 6.26 Å².